The summed E-state index contributed by atoms with van der Waals surface area (Å²) in [6.45, 7) is 1.29. The third kappa shape index (κ3) is 4.79. The smallest absolute Gasteiger partial charge is 0.308 e. The van der Waals surface area contributed by atoms with Crippen molar-refractivity contribution in [2.24, 2.45) is 0 Å². The summed E-state index contributed by atoms with van der Waals surface area (Å²) < 4.78 is 15.9. The zero-order valence-electron chi connectivity index (χ0n) is 16.4. The summed E-state index contributed by atoms with van der Waals surface area (Å²) in [5.41, 5.74) is 2.69. The quantitative estimate of drug-likeness (QED) is 0.287. The second-order valence-electron chi connectivity index (χ2n) is 6.06. The molecule has 0 atom stereocenters. The molecule has 1 aromatic heterocycles. The molecule has 6 nitrogen and oxygen atoms in total. The van der Waals surface area contributed by atoms with Crippen molar-refractivity contribution < 1.29 is 19.0 Å². The first kappa shape index (κ1) is 21.4. The maximum Gasteiger partial charge on any atom is 0.308 e. The van der Waals surface area contributed by atoms with Gasteiger partial charge in [-0.15, -0.1) is 11.3 Å². The normalized spacial score (nSPS) is 11.0. The van der Waals surface area contributed by atoms with Crippen LogP contribution in [0, 0.1) is 11.3 Å². The van der Waals surface area contributed by atoms with Gasteiger partial charge in [0.15, 0.2) is 11.5 Å². The topological polar surface area (TPSA) is 81.4 Å². The van der Waals surface area contributed by atoms with Crippen LogP contribution in [0.5, 0.6) is 17.2 Å². The number of esters is 1. The molecule has 0 aliphatic carbocycles. The summed E-state index contributed by atoms with van der Waals surface area (Å²) in [4.78, 5) is 16.0. The number of hydrogen-bond donors (Lipinski definition) is 0. The molecular weight excluding hydrogens is 424 g/mol. The maximum absolute atomic E-state index is 11.4. The van der Waals surface area contributed by atoms with E-state index in [9.17, 15) is 10.1 Å². The van der Waals surface area contributed by atoms with Gasteiger partial charge in [-0.25, -0.2) is 4.98 Å². The summed E-state index contributed by atoms with van der Waals surface area (Å²) in [5, 5.41) is 12.8. The molecule has 0 saturated carbocycles. The van der Waals surface area contributed by atoms with E-state index in [1.54, 1.807) is 30.3 Å². The predicted molar refractivity (Wildman–Crippen MR) is 117 cm³/mol. The first-order valence-corrected chi connectivity index (χ1v) is 9.99. The summed E-state index contributed by atoms with van der Waals surface area (Å²) in [5.74, 6) is 0.315. The molecule has 0 bridgehead atoms. The van der Waals surface area contributed by atoms with E-state index in [1.807, 2.05) is 17.5 Å². The van der Waals surface area contributed by atoms with Gasteiger partial charge in [-0.05, 0) is 35.9 Å². The molecule has 152 valence electrons. The second-order valence-corrected chi connectivity index (χ2v) is 7.36. The fourth-order valence-electron chi connectivity index (χ4n) is 2.69. The van der Waals surface area contributed by atoms with Crippen LogP contribution in [-0.2, 0) is 4.79 Å². The molecule has 0 radical (unpaired) electrons. The van der Waals surface area contributed by atoms with Crippen LogP contribution in [0.3, 0.4) is 0 Å². The van der Waals surface area contributed by atoms with Crippen LogP contribution >= 0.6 is 22.9 Å². The van der Waals surface area contributed by atoms with Crippen LogP contribution in [-0.4, -0.2) is 25.2 Å². The number of carbonyl (C=O) groups excluding carboxylic acids is 1. The molecule has 3 aromatic rings. The van der Waals surface area contributed by atoms with Gasteiger partial charge in [0, 0.05) is 22.9 Å². The van der Waals surface area contributed by atoms with Crippen molar-refractivity contribution in [2.45, 2.75) is 6.92 Å². The minimum absolute atomic E-state index is 0.183. The van der Waals surface area contributed by atoms with Crippen LogP contribution in [0.4, 0.5) is 0 Å². The van der Waals surface area contributed by atoms with E-state index in [4.69, 9.17) is 25.8 Å². The highest BCUT2D eigenvalue weighted by Gasteiger charge is 2.17. The van der Waals surface area contributed by atoms with E-state index < -0.39 is 5.97 Å². The Labute approximate surface area is 182 Å². The summed E-state index contributed by atoms with van der Waals surface area (Å²) >= 11 is 7.30. The summed E-state index contributed by atoms with van der Waals surface area (Å²) in [6.07, 6.45) is 1.67. The summed E-state index contributed by atoms with van der Waals surface area (Å²) in [6, 6.07) is 12.8. The number of rotatable bonds is 6. The molecule has 0 aliphatic heterocycles. The Bertz CT molecular complexity index is 1120. The minimum Gasteiger partial charge on any atom is -0.493 e. The van der Waals surface area contributed by atoms with E-state index in [2.05, 4.69) is 11.1 Å². The van der Waals surface area contributed by atoms with E-state index in [0.717, 1.165) is 11.3 Å². The Balaban J connectivity index is 1.99. The van der Waals surface area contributed by atoms with Crippen molar-refractivity contribution in [1.29, 1.82) is 5.26 Å². The van der Waals surface area contributed by atoms with Gasteiger partial charge in [-0.2, -0.15) is 5.26 Å². The van der Waals surface area contributed by atoms with Crippen LogP contribution in [0.15, 0.2) is 41.8 Å². The highest BCUT2D eigenvalue weighted by Crippen LogP contribution is 2.39. The maximum atomic E-state index is 11.4. The monoisotopic (exact) mass is 440 g/mol. The van der Waals surface area contributed by atoms with Gasteiger partial charge in [0.2, 0.25) is 5.75 Å². The number of allylic oxidation sites excluding steroid dienone is 1. The molecule has 0 N–H and O–H groups in total. The van der Waals surface area contributed by atoms with Crippen molar-refractivity contribution in [3.05, 3.63) is 57.4 Å². The van der Waals surface area contributed by atoms with Gasteiger partial charge in [-0.3, -0.25) is 4.79 Å². The average molecular weight is 441 g/mol. The standard InChI is InChI=1S/C22H17ClN2O4S/c1-13(26)29-21-19(27-2)9-14(10-20(21)28-3)8-16(11-24)22-25-18(12-30-22)15-4-6-17(23)7-5-15/h4-10,12H,1-3H3/b16-8-. The number of benzene rings is 2. The fourth-order valence-corrected chi connectivity index (χ4v) is 3.61. The van der Waals surface area contributed by atoms with Crippen molar-refractivity contribution in [3.8, 4) is 34.6 Å². The Hall–Kier alpha value is -3.34. The lowest BCUT2D eigenvalue weighted by atomic mass is 10.1. The lowest BCUT2D eigenvalue weighted by molar-refractivity contribution is -0.132. The number of carbonyl (C=O) groups is 1. The Morgan fingerprint density at radius 2 is 1.80 bits per heavy atom. The van der Waals surface area contributed by atoms with Crippen molar-refractivity contribution in [1.82, 2.24) is 4.98 Å². The van der Waals surface area contributed by atoms with Crippen molar-refractivity contribution in [2.75, 3.05) is 14.2 Å². The fraction of sp³-hybridized carbons (Fsp3) is 0.136. The van der Waals surface area contributed by atoms with Gasteiger partial charge in [-0.1, -0.05) is 23.7 Å². The Morgan fingerprint density at radius 3 is 2.33 bits per heavy atom. The lowest BCUT2D eigenvalue weighted by Gasteiger charge is -2.13. The molecule has 0 aliphatic rings. The number of ether oxygens (including phenoxy) is 3. The number of thiazole rings is 1. The van der Waals surface area contributed by atoms with Gasteiger partial charge >= 0.3 is 5.97 Å². The van der Waals surface area contributed by atoms with Gasteiger partial charge in [0.1, 0.15) is 11.1 Å². The second kappa shape index (κ2) is 9.44. The number of hydrogen-bond acceptors (Lipinski definition) is 7. The van der Waals surface area contributed by atoms with Gasteiger partial charge < -0.3 is 14.2 Å². The first-order valence-electron chi connectivity index (χ1n) is 8.73. The molecule has 30 heavy (non-hydrogen) atoms. The molecule has 3 rings (SSSR count). The van der Waals surface area contributed by atoms with Crippen molar-refractivity contribution >= 4 is 40.6 Å². The molecular formula is C22H17ClN2O4S. The van der Waals surface area contributed by atoms with E-state index >= 15 is 0 Å². The number of nitriles is 1. The molecule has 2 aromatic carbocycles. The Kier molecular flexibility index (Phi) is 6.72. The highest BCUT2D eigenvalue weighted by atomic mass is 35.5. The molecule has 0 spiro atoms. The third-order valence-corrected chi connectivity index (χ3v) is 5.16. The zero-order chi connectivity index (χ0) is 21.7. The van der Waals surface area contributed by atoms with E-state index in [1.165, 1.54) is 32.5 Å². The summed E-state index contributed by atoms with van der Waals surface area (Å²) in [7, 11) is 2.92. The molecule has 0 fully saturated rings. The number of aromatic nitrogens is 1. The van der Waals surface area contributed by atoms with Crippen molar-refractivity contribution in [3.63, 3.8) is 0 Å². The van der Waals surface area contributed by atoms with Gasteiger partial charge in [0.25, 0.3) is 0 Å². The van der Waals surface area contributed by atoms with Crippen LogP contribution in [0.2, 0.25) is 5.02 Å². The zero-order valence-corrected chi connectivity index (χ0v) is 18.0. The lowest BCUT2D eigenvalue weighted by Crippen LogP contribution is -2.05. The predicted octanol–water partition coefficient (Wildman–Crippen LogP) is 5.47. The highest BCUT2D eigenvalue weighted by molar-refractivity contribution is 7.11. The Morgan fingerprint density at radius 1 is 1.17 bits per heavy atom. The number of nitrogens with zero attached hydrogens (tertiary/aromatic N) is 2. The van der Waals surface area contributed by atoms with E-state index in [-0.39, 0.29) is 5.75 Å². The van der Waals surface area contributed by atoms with Crippen LogP contribution < -0.4 is 14.2 Å². The van der Waals surface area contributed by atoms with Gasteiger partial charge in [0.05, 0.1) is 25.5 Å². The van der Waals surface area contributed by atoms with Crippen LogP contribution in [0.25, 0.3) is 22.9 Å². The molecule has 1 heterocycles. The number of methoxy groups -OCH3 is 2. The molecule has 0 unspecified atom stereocenters. The minimum atomic E-state index is -0.495. The van der Waals surface area contributed by atoms with Crippen LogP contribution in [0.1, 0.15) is 17.5 Å². The average Bonchev–Trinajstić information content (AvgIpc) is 3.22. The third-order valence-electron chi connectivity index (χ3n) is 4.03. The first-order chi connectivity index (χ1) is 14.4. The van der Waals surface area contributed by atoms with E-state index in [0.29, 0.717) is 32.7 Å². The number of halogens is 1. The molecule has 0 amide bonds. The molecule has 8 heteroatoms. The molecule has 0 saturated heterocycles. The largest absolute Gasteiger partial charge is 0.493 e. The SMILES string of the molecule is COc1cc(/C=C(/C#N)c2nc(-c3ccc(Cl)cc3)cs2)cc(OC)c1OC(C)=O.